The lowest BCUT2D eigenvalue weighted by molar-refractivity contribution is 0.354. The zero-order valence-electron chi connectivity index (χ0n) is 19.8. The van der Waals surface area contributed by atoms with Crippen LogP contribution < -0.4 is 19.5 Å². The Kier molecular flexibility index (Phi) is 8.31. The summed E-state index contributed by atoms with van der Waals surface area (Å²) in [6, 6.07) is 11.7. The number of halogens is 3. The molecule has 0 radical (unpaired) electrons. The summed E-state index contributed by atoms with van der Waals surface area (Å²) in [5.41, 5.74) is 5.69. The van der Waals surface area contributed by atoms with E-state index >= 15 is 0 Å². The van der Waals surface area contributed by atoms with E-state index in [1.54, 1.807) is 0 Å². The summed E-state index contributed by atoms with van der Waals surface area (Å²) in [6.07, 6.45) is -0.307. The van der Waals surface area contributed by atoms with Gasteiger partial charge in [0.2, 0.25) is 0 Å². The number of ether oxygens (including phenoxy) is 2. The van der Waals surface area contributed by atoms with Gasteiger partial charge in [-0.05, 0) is 55.0 Å². The molecule has 0 bridgehead atoms. The number of aliphatic hydroxyl groups is 1. The Hall–Kier alpha value is -3.50. The summed E-state index contributed by atoms with van der Waals surface area (Å²) in [5, 5.41) is 10.7. The van der Waals surface area contributed by atoms with Crippen LogP contribution in [0.2, 0.25) is 5.02 Å². The molecule has 3 rings (SSSR count). The Labute approximate surface area is 213 Å². The summed E-state index contributed by atoms with van der Waals surface area (Å²) in [4.78, 5) is -0.180. The Bertz CT molecular complexity index is 1390. The molecule has 0 aliphatic heterocycles. The first kappa shape index (κ1) is 27.1. The Morgan fingerprint density at radius 3 is 2.25 bits per heavy atom. The van der Waals surface area contributed by atoms with E-state index in [1.165, 1.54) is 63.6 Å². The van der Waals surface area contributed by atoms with Crippen molar-refractivity contribution in [2.24, 2.45) is 5.73 Å². The third kappa shape index (κ3) is 5.66. The molecular formula is C25H25ClF2N2O5S. The van der Waals surface area contributed by atoms with Gasteiger partial charge in [-0.1, -0.05) is 17.7 Å². The van der Waals surface area contributed by atoms with E-state index in [0.717, 1.165) is 16.4 Å². The van der Waals surface area contributed by atoms with Crippen molar-refractivity contribution in [2.45, 2.75) is 18.2 Å². The minimum absolute atomic E-state index is 0.00169. The minimum atomic E-state index is -4.37. The maximum absolute atomic E-state index is 14.4. The summed E-state index contributed by atoms with van der Waals surface area (Å²) in [6.45, 7) is 0.863. The molecule has 192 valence electrons. The van der Waals surface area contributed by atoms with Gasteiger partial charge in [0.25, 0.3) is 10.0 Å². The van der Waals surface area contributed by atoms with Gasteiger partial charge in [0, 0.05) is 28.8 Å². The Balaban J connectivity index is 2.23. The fourth-order valence-corrected chi connectivity index (χ4v) is 5.17. The van der Waals surface area contributed by atoms with E-state index in [-0.39, 0.29) is 44.6 Å². The third-order valence-electron chi connectivity index (χ3n) is 5.43. The van der Waals surface area contributed by atoms with Gasteiger partial charge < -0.3 is 20.3 Å². The fraction of sp³-hybridized carbons (Fsp3) is 0.200. The molecule has 0 aliphatic carbocycles. The zero-order valence-corrected chi connectivity index (χ0v) is 21.3. The molecule has 3 N–H and O–H groups in total. The molecule has 36 heavy (non-hydrogen) atoms. The molecule has 0 amide bonds. The van der Waals surface area contributed by atoms with Crippen LogP contribution in [-0.2, 0) is 16.4 Å². The van der Waals surface area contributed by atoms with Gasteiger partial charge in [-0.3, -0.25) is 4.31 Å². The molecule has 0 fully saturated rings. The second kappa shape index (κ2) is 11.0. The lowest BCUT2D eigenvalue weighted by Crippen LogP contribution is -2.34. The van der Waals surface area contributed by atoms with Crippen LogP contribution >= 0.6 is 11.6 Å². The van der Waals surface area contributed by atoms with Crippen LogP contribution in [0, 0.1) is 11.6 Å². The molecule has 0 atom stereocenters. The molecule has 0 unspecified atom stereocenters. The standard InChI is InChI=1S/C25H25ClF2N2O5S/c1-15(29)23(31)14-30(36(32,33)18-8-10-24(34-2)25(13-18)35-3)22-9-7-17(26)11-16(22)12-19-20(27)5-4-6-21(19)28/h4-11,13,31H,12,14,29H2,1-3H3/b23-15+. The summed E-state index contributed by atoms with van der Waals surface area (Å²) in [7, 11) is -1.60. The number of nitrogens with two attached hydrogens (primary N) is 1. The Morgan fingerprint density at radius 2 is 1.67 bits per heavy atom. The van der Waals surface area contributed by atoms with Crippen molar-refractivity contribution < 1.29 is 31.8 Å². The number of hydrogen-bond donors (Lipinski definition) is 2. The van der Waals surface area contributed by atoms with Crippen LogP contribution in [0.25, 0.3) is 0 Å². The van der Waals surface area contributed by atoms with E-state index in [4.69, 9.17) is 26.8 Å². The maximum Gasteiger partial charge on any atom is 0.264 e. The molecule has 0 saturated carbocycles. The van der Waals surface area contributed by atoms with E-state index in [1.807, 2.05) is 0 Å². The first-order valence-electron chi connectivity index (χ1n) is 10.6. The number of aliphatic hydroxyl groups excluding tert-OH is 1. The van der Waals surface area contributed by atoms with Crippen molar-refractivity contribution in [2.75, 3.05) is 25.1 Å². The monoisotopic (exact) mass is 538 g/mol. The highest BCUT2D eigenvalue weighted by Crippen LogP contribution is 2.35. The molecular weight excluding hydrogens is 514 g/mol. The smallest absolute Gasteiger partial charge is 0.264 e. The quantitative estimate of drug-likeness (QED) is 0.364. The molecule has 0 aromatic heterocycles. The van der Waals surface area contributed by atoms with Gasteiger partial charge in [-0.15, -0.1) is 0 Å². The molecule has 7 nitrogen and oxygen atoms in total. The lowest BCUT2D eigenvalue weighted by Gasteiger charge is -2.27. The third-order valence-corrected chi connectivity index (χ3v) is 7.42. The van der Waals surface area contributed by atoms with Crippen molar-refractivity contribution in [3.63, 3.8) is 0 Å². The molecule has 3 aromatic rings. The SMILES string of the molecule is COc1ccc(S(=O)(=O)N(C/C(O)=C(/C)N)c2ccc(Cl)cc2Cc2c(F)cccc2F)cc1OC. The number of hydrogen-bond acceptors (Lipinski definition) is 6. The summed E-state index contributed by atoms with van der Waals surface area (Å²) in [5.74, 6) is -1.52. The van der Waals surface area contributed by atoms with Crippen molar-refractivity contribution in [3.8, 4) is 11.5 Å². The van der Waals surface area contributed by atoms with Crippen LogP contribution in [0.4, 0.5) is 14.5 Å². The Morgan fingerprint density at radius 1 is 1.03 bits per heavy atom. The minimum Gasteiger partial charge on any atom is -0.509 e. The van der Waals surface area contributed by atoms with Crippen molar-refractivity contribution in [3.05, 3.63) is 93.8 Å². The van der Waals surface area contributed by atoms with Crippen LogP contribution in [0.1, 0.15) is 18.1 Å². The number of allylic oxidation sites excluding steroid dienone is 1. The van der Waals surface area contributed by atoms with E-state index in [9.17, 15) is 22.3 Å². The van der Waals surface area contributed by atoms with Gasteiger partial charge in [0.05, 0.1) is 31.3 Å². The van der Waals surface area contributed by atoms with Crippen molar-refractivity contribution >= 4 is 27.3 Å². The van der Waals surface area contributed by atoms with Crippen LogP contribution in [-0.4, -0.2) is 34.3 Å². The predicted molar refractivity (Wildman–Crippen MR) is 134 cm³/mol. The lowest BCUT2D eigenvalue weighted by atomic mass is 10.0. The number of nitrogens with zero attached hydrogens (tertiary/aromatic N) is 1. The van der Waals surface area contributed by atoms with E-state index in [0.29, 0.717) is 5.75 Å². The number of sulfonamides is 1. The summed E-state index contributed by atoms with van der Waals surface area (Å²) >= 11 is 6.16. The van der Waals surface area contributed by atoms with Gasteiger partial charge in [-0.25, -0.2) is 17.2 Å². The topological polar surface area (TPSA) is 102 Å². The number of rotatable bonds is 9. The van der Waals surface area contributed by atoms with Crippen LogP contribution in [0.15, 0.2) is 70.9 Å². The van der Waals surface area contributed by atoms with Gasteiger partial charge >= 0.3 is 0 Å². The first-order chi connectivity index (χ1) is 17.0. The van der Waals surface area contributed by atoms with E-state index in [2.05, 4.69) is 0 Å². The highest BCUT2D eigenvalue weighted by Gasteiger charge is 2.30. The van der Waals surface area contributed by atoms with E-state index < -0.39 is 34.0 Å². The van der Waals surface area contributed by atoms with Gasteiger partial charge in [0.15, 0.2) is 11.5 Å². The average Bonchev–Trinajstić information content (AvgIpc) is 2.84. The van der Waals surface area contributed by atoms with Crippen molar-refractivity contribution in [1.29, 1.82) is 0 Å². The molecule has 3 aromatic carbocycles. The average molecular weight is 539 g/mol. The zero-order chi connectivity index (χ0) is 26.6. The number of anilines is 1. The molecule has 0 aliphatic rings. The largest absolute Gasteiger partial charge is 0.509 e. The molecule has 0 saturated heterocycles. The maximum atomic E-state index is 14.4. The summed E-state index contributed by atoms with van der Waals surface area (Å²) < 4.78 is 67.9. The van der Waals surface area contributed by atoms with Gasteiger partial charge in [-0.2, -0.15) is 0 Å². The van der Waals surface area contributed by atoms with Crippen molar-refractivity contribution in [1.82, 2.24) is 0 Å². The second-order valence-corrected chi connectivity index (χ2v) is 10.1. The van der Waals surface area contributed by atoms with Crippen LogP contribution in [0.3, 0.4) is 0 Å². The predicted octanol–water partition coefficient (Wildman–Crippen LogP) is 5.17. The van der Waals surface area contributed by atoms with Gasteiger partial charge in [0.1, 0.15) is 17.4 Å². The highest BCUT2D eigenvalue weighted by molar-refractivity contribution is 7.92. The second-order valence-electron chi connectivity index (χ2n) is 7.81. The fourth-order valence-electron chi connectivity index (χ4n) is 3.50. The molecule has 11 heteroatoms. The number of methoxy groups -OCH3 is 2. The van der Waals surface area contributed by atoms with Crippen LogP contribution in [0.5, 0.6) is 11.5 Å². The normalized spacial score (nSPS) is 12.2. The molecule has 0 spiro atoms. The highest BCUT2D eigenvalue weighted by atomic mass is 35.5. The number of benzene rings is 3. The molecule has 0 heterocycles. The first-order valence-corrected chi connectivity index (χ1v) is 12.4.